The molecule has 0 aliphatic carbocycles. The van der Waals surface area contributed by atoms with Crippen LogP contribution in [-0.4, -0.2) is 67.2 Å². The van der Waals surface area contributed by atoms with E-state index in [1.807, 2.05) is 70.3 Å². The minimum absolute atomic E-state index is 0.129. The number of nitrogens with two attached hydrogens (primary N) is 1. The van der Waals surface area contributed by atoms with Crippen LogP contribution in [0, 0.1) is 0 Å². The molecule has 1 atom stereocenters. The van der Waals surface area contributed by atoms with Gasteiger partial charge in [0.2, 0.25) is 0 Å². The number of benzene rings is 2. The molecular formula is C34H37N7O2. The first kappa shape index (κ1) is 28.4. The molecule has 220 valence electrons. The van der Waals surface area contributed by atoms with Crippen molar-refractivity contribution in [3.63, 3.8) is 0 Å². The highest BCUT2D eigenvalue weighted by Crippen LogP contribution is 2.32. The fourth-order valence-corrected chi connectivity index (χ4v) is 5.52. The highest BCUT2D eigenvalue weighted by atomic mass is 16.6. The molecule has 4 heterocycles. The summed E-state index contributed by atoms with van der Waals surface area (Å²) in [7, 11) is 1.83. The molecule has 1 aliphatic heterocycles. The van der Waals surface area contributed by atoms with Crippen molar-refractivity contribution in [1.29, 1.82) is 0 Å². The van der Waals surface area contributed by atoms with E-state index in [1.54, 1.807) is 11.1 Å². The third-order valence-corrected chi connectivity index (χ3v) is 7.73. The summed E-state index contributed by atoms with van der Waals surface area (Å²) >= 11 is 0. The van der Waals surface area contributed by atoms with E-state index in [-0.39, 0.29) is 12.1 Å². The number of carbonyl (C=O) groups excluding carboxylic acids is 1. The highest BCUT2D eigenvalue weighted by molar-refractivity contribution is 5.84. The van der Waals surface area contributed by atoms with Crippen LogP contribution in [0.15, 0.2) is 85.1 Å². The second-order valence-electron chi connectivity index (χ2n) is 12.0. The maximum Gasteiger partial charge on any atom is 0.410 e. The van der Waals surface area contributed by atoms with Gasteiger partial charge in [0.1, 0.15) is 16.9 Å². The molecule has 5 aromatic rings. The van der Waals surface area contributed by atoms with Gasteiger partial charge in [0.05, 0.1) is 11.3 Å². The number of rotatable bonds is 6. The molecule has 0 bridgehead atoms. The molecule has 1 fully saturated rings. The van der Waals surface area contributed by atoms with E-state index in [4.69, 9.17) is 20.4 Å². The number of nitrogens with zero attached hydrogens (tertiary/aromatic N) is 6. The first-order valence-corrected chi connectivity index (χ1v) is 14.6. The SMILES string of the molecule is CN(C(=O)OC(C)(C)C)[C@H]1CCN(Cc2ccc(-n3c(-c4cccnc4N)nc4ccc(-c5ccccc5)nc43)cc2)C1. The van der Waals surface area contributed by atoms with Crippen LogP contribution in [0.25, 0.3) is 39.5 Å². The maximum absolute atomic E-state index is 12.6. The summed E-state index contributed by atoms with van der Waals surface area (Å²) in [5, 5.41) is 0. The van der Waals surface area contributed by atoms with E-state index in [2.05, 4.69) is 50.8 Å². The van der Waals surface area contributed by atoms with Crippen LogP contribution in [-0.2, 0) is 11.3 Å². The molecule has 1 aliphatic rings. The average molecular weight is 576 g/mol. The van der Waals surface area contributed by atoms with Crippen LogP contribution in [0.5, 0.6) is 0 Å². The van der Waals surface area contributed by atoms with E-state index < -0.39 is 5.60 Å². The molecule has 0 radical (unpaired) electrons. The number of anilines is 1. The van der Waals surface area contributed by atoms with E-state index in [9.17, 15) is 4.79 Å². The summed E-state index contributed by atoms with van der Waals surface area (Å²) in [5.41, 5.74) is 12.1. The normalized spacial score (nSPS) is 15.6. The molecule has 9 nitrogen and oxygen atoms in total. The number of hydrogen-bond acceptors (Lipinski definition) is 7. The van der Waals surface area contributed by atoms with Gasteiger partial charge in [-0.3, -0.25) is 9.47 Å². The third-order valence-electron chi connectivity index (χ3n) is 7.73. The highest BCUT2D eigenvalue weighted by Gasteiger charge is 2.31. The Bertz CT molecular complexity index is 1740. The van der Waals surface area contributed by atoms with E-state index in [1.165, 1.54) is 5.56 Å². The summed E-state index contributed by atoms with van der Waals surface area (Å²) in [6, 6.07) is 26.5. The number of carbonyl (C=O) groups is 1. The van der Waals surface area contributed by atoms with Crippen LogP contribution in [0.4, 0.5) is 10.6 Å². The molecule has 1 saturated heterocycles. The number of ether oxygens (including phenoxy) is 1. The van der Waals surface area contributed by atoms with Crippen LogP contribution in [0.3, 0.4) is 0 Å². The zero-order valence-corrected chi connectivity index (χ0v) is 25.1. The summed E-state index contributed by atoms with van der Waals surface area (Å²) in [6.45, 7) is 8.19. The molecule has 2 N–H and O–H groups in total. The van der Waals surface area contributed by atoms with Gasteiger partial charge in [-0.15, -0.1) is 0 Å². The lowest BCUT2D eigenvalue weighted by atomic mass is 10.1. The molecule has 0 saturated carbocycles. The maximum atomic E-state index is 12.6. The van der Waals surface area contributed by atoms with Crippen molar-refractivity contribution in [2.45, 2.75) is 45.4 Å². The molecule has 9 heteroatoms. The van der Waals surface area contributed by atoms with Crippen molar-refractivity contribution >= 4 is 23.1 Å². The zero-order chi connectivity index (χ0) is 30.1. The largest absolute Gasteiger partial charge is 0.444 e. The molecule has 0 unspecified atom stereocenters. The average Bonchev–Trinajstić information content (AvgIpc) is 3.61. The van der Waals surface area contributed by atoms with E-state index in [0.717, 1.165) is 59.7 Å². The van der Waals surface area contributed by atoms with Crippen molar-refractivity contribution < 1.29 is 9.53 Å². The minimum atomic E-state index is -0.507. The summed E-state index contributed by atoms with van der Waals surface area (Å²) in [6.07, 6.45) is 2.33. The molecule has 6 rings (SSSR count). The molecule has 1 amide bonds. The Balaban J connectivity index is 1.28. The van der Waals surface area contributed by atoms with Gasteiger partial charge in [0, 0.05) is 50.2 Å². The number of imidazole rings is 1. The number of aromatic nitrogens is 4. The fraction of sp³-hybridized carbons (Fsp3) is 0.294. The predicted octanol–water partition coefficient (Wildman–Crippen LogP) is 6.17. The summed E-state index contributed by atoms with van der Waals surface area (Å²) < 4.78 is 7.63. The van der Waals surface area contributed by atoms with Gasteiger partial charge >= 0.3 is 6.09 Å². The third kappa shape index (κ3) is 6.08. The molecule has 2 aromatic carbocycles. The Morgan fingerprint density at radius 3 is 2.49 bits per heavy atom. The van der Waals surface area contributed by atoms with Crippen molar-refractivity contribution in [1.82, 2.24) is 29.3 Å². The second-order valence-corrected chi connectivity index (χ2v) is 12.0. The van der Waals surface area contributed by atoms with Gasteiger partial charge in [-0.05, 0) is 69.2 Å². The van der Waals surface area contributed by atoms with E-state index >= 15 is 0 Å². The van der Waals surface area contributed by atoms with Crippen molar-refractivity contribution in [3.05, 3.63) is 90.6 Å². The lowest BCUT2D eigenvalue weighted by Gasteiger charge is -2.28. The number of likely N-dealkylation sites (N-methyl/N-ethyl adjacent to an activating group) is 1. The standard InChI is InChI=1S/C34H37N7O2/c1-34(2,3)43-33(42)39(4)26-18-20-40(22-26)21-23-12-14-25(15-13-23)41-31(27-11-8-19-36-30(27)35)38-29-17-16-28(37-32(29)41)24-9-6-5-7-10-24/h5-17,19,26H,18,20-22H2,1-4H3,(H2,35,36)/t26-/m0/s1. The Morgan fingerprint density at radius 2 is 1.77 bits per heavy atom. The first-order valence-electron chi connectivity index (χ1n) is 14.6. The number of hydrogen-bond donors (Lipinski definition) is 1. The van der Waals surface area contributed by atoms with Gasteiger partial charge in [-0.2, -0.15) is 0 Å². The van der Waals surface area contributed by atoms with Gasteiger partial charge in [0.25, 0.3) is 0 Å². The van der Waals surface area contributed by atoms with Crippen LogP contribution < -0.4 is 5.73 Å². The number of fused-ring (bicyclic) bond motifs is 1. The van der Waals surface area contributed by atoms with Crippen LogP contribution >= 0.6 is 0 Å². The van der Waals surface area contributed by atoms with Gasteiger partial charge in [-0.1, -0.05) is 42.5 Å². The Kier molecular flexibility index (Phi) is 7.58. The first-order chi connectivity index (χ1) is 20.7. The minimum Gasteiger partial charge on any atom is -0.444 e. The van der Waals surface area contributed by atoms with Gasteiger partial charge in [-0.25, -0.2) is 19.7 Å². The summed E-state index contributed by atoms with van der Waals surface area (Å²) in [4.78, 5) is 31.0. The number of pyridine rings is 2. The predicted molar refractivity (Wildman–Crippen MR) is 170 cm³/mol. The lowest BCUT2D eigenvalue weighted by Crippen LogP contribution is -2.42. The van der Waals surface area contributed by atoms with Crippen LogP contribution in [0.2, 0.25) is 0 Å². The molecule has 0 spiro atoms. The molecule has 3 aromatic heterocycles. The zero-order valence-electron chi connectivity index (χ0n) is 25.1. The number of amides is 1. The monoisotopic (exact) mass is 575 g/mol. The number of nitrogen functional groups attached to an aromatic ring is 1. The summed E-state index contributed by atoms with van der Waals surface area (Å²) in [5.74, 6) is 1.11. The fourth-order valence-electron chi connectivity index (χ4n) is 5.52. The van der Waals surface area contributed by atoms with Crippen LogP contribution in [0.1, 0.15) is 32.8 Å². The molecule has 43 heavy (non-hydrogen) atoms. The number of likely N-dealkylation sites (tertiary alicyclic amines) is 1. The van der Waals surface area contributed by atoms with Gasteiger partial charge in [0.15, 0.2) is 11.5 Å². The van der Waals surface area contributed by atoms with E-state index in [0.29, 0.717) is 11.6 Å². The van der Waals surface area contributed by atoms with Crippen molar-refractivity contribution in [2.24, 2.45) is 0 Å². The smallest absolute Gasteiger partial charge is 0.410 e. The molecular weight excluding hydrogens is 538 g/mol. The van der Waals surface area contributed by atoms with Gasteiger partial charge < -0.3 is 15.4 Å². The Hall–Kier alpha value is -4.76. The quantitative estimate of drug-likeness (QED) is 0.258. The Labute approximate surface area is 252 Å². The van der Waals surface area contributed by atoms with Crippen molar-refractivity contribution in [2.75, 3.05) is 25.9 Å². The lowest BCUT2D eigenvalue weighted by molar-refractivity contribution is 0.0228. The Morgan fingerprint density at radius 1 is 1.00 bits per heavy atom. The topological polar surface area (TPSA) is 102 Å². The second kappa shape index (κ2) is 11.5. The van der Waals surface area contributed by atoms with Crippen molar-refractivity contribution in [3.8, 4) is 28.3 Å².